The Labute approximate surface area is 244 Å². The molecule has 0 saturated heterocycles. The lowest BCUT2D eigenvalue weighted by atomic mass is 9.86. The van der Waals surface area contributed by atoms with Gasteiger partial charge in [-0.25, -0.2) is 9.18 Å². The van der Waals surface area contributed by atoms with E-state index in [4.69, 9.17) is 12.2 Å². The fourth-order valence-corrected chi connectivity index (χ4v) is 4.84. The van der Waals surface area contributed by atoms with E-state index in [0.29, 0.717) is 36.4 Å². The van der Waals surface area contributed by atoms with Crippen LogP contribution in [0.15, 0.2) is 66.7 Å². The van der Waals surface area contributed by atoms with E-state index in [2.05, 4.69) is 23.9 Å². The van der Waals surface area contributed by atoms with Gasteiger partial charge in [0.2, 0.25) is 0 Å². The molecule has 1 amide bonds. The van der Waals surface area contributed by atoms with Crippen LogP contribution in [-0.4, -0.2) is 43.2 Å². The van der Waals surface area contributed by atoms with E-state index >= 15 is 4.39 Å². The van der Waals surface area contributed by atoms with Gasteiger partial charge >= 0.3 is 12.1 Å². The molecule has 0 aromatic heterocycles. The fourth-order valence-electron chi connectivity index (χ4n) is 4.84. The van der Waals surface area contributed by atoms with Gasteiger partial charge in [0.05, 0.1) is 9.85 Å². The highest BCUT2D eigenvalue weighted by atomic mass is 19.1. The van der Waals surface area contributed by atoms with Gasteiger partial charge in [0.15, 0.2) is 5.82 Å². The van der Waals surface area contributed by atoms with Gasteiger partial charge in [0, 0.05) is 12.6 Å². The van der Waals surface area contributed by atoms with Crippen molar-refractivity contribution in [3.63, 3.8) is 0 Å². The topological polar surface area (TPSA) is 77.1 Å². The fraction of sp³-hybridized carbons (Fsp3) is 0.394. The molecular formula is C33H39FN2O5. The molecule has 1 atom stereocenters. The van der Waals surface area contributed by atoms with Gasteiger partial charge in [-0.2, -0.15) is 0 Å². The first-order valence-electron chi connectivity index (χ1n) is 14.9. The number of anilines is 1. The Morgan fingerprint density at radius 1 is 1.07 bits per heavy atom. The minimum absolute atomic E-state index is 0.0882. The number of benzene rings is 3. The summed E-state index contributed by atoms with van der Waals surface area (Å²) in [5, 5.41) is 2.39. The number of carbonyl (C=O) groups is 2. The predicted octanol–water partition coefficient (Wildman–Crippen LogP) is 6.53. The minimum Gasteiger partial charge on any atom is -0.487 e. The number of ether oxygens (including phenoxy) is 3. The molecule has 3 aromatic rings. The Morgan fingerprint density at radius 3 is 2.37 bits per heavy atom. The molecular weight excluding hydrogens is 523 g/mol. The van der Waals surface area contributed by atoms with E-state index in [1.54, 1.807) is 11.0 Å². The summed E-state index contributed by atoms with van der Waals surface area (Å²) in [6, 6.07) is 20.1. The third kappa shape index (κ3) is 8.22. The highest BCUT2D eigenvalue weighted by molar-refractivity contribution is 5.76. The standard InChI is InChI=1S/C33H39FN2O5/c1-23(2)16-17-36(33(38)41-22-25-12-8-5-9-13-25)27-15-14-26-18-29(40-21-24-10-6-4-7-11-24)32(31(34)28(26)19-27)35-20-30(37)39-3/h4-13,18,23,27,35H,14-17,19-22H2,1-3H3/t27-/m1/s1/i20D2. The lowest BCUT2D eigenvalue weighted by Crippen LogP contribution is -2.44. The van der Waals surface area contributed by atoms with Gasteiger partial charge in [0.1, 0.15) is 31.1 Å². The quantitative estimate of drug-likeness (QED) is 0.252. The highest BCUT2D eigenvalue weighted by Crippen LogP contribution is 2.38. The summed E-state index contributed by atoms with van der Waals surface area (Å²) in [5.41, 5.74) is 2.50. The normalized spacial score (nSPS) is 15.3. The number of nitrogens with one attached hydrogen (secondary N) is 1. The van der Waals surface area contributed by atoms with E-state index in [0.717, 1.165) is 24.7 Å². The molecule has 0 heterocycles. The van der Waals surface area contributed by atoms with Crippen LogP contribution in [-0.2, 0) is 40.3 Å². The molecule has 41 heavy (non-hydrogen) atoms. The molecule has 3 aromatic carbocycles. The van der Waals surface area contributed by atoms with Crippen molar-refractivity contribution in [1.29, 1.82) is 0 Å². The maximum absolute atomic E-state index is 16.4. The van der Waals surface area contributed by atoms with Crippen LogP contribution in [0.2, 0.25) is 0 Å². The average molecular weight is 565 g/mol. The van der Waals surface area contributed by atoms with Crippen LogP contribution < -0.4 is 10.1 Å². The Morgan fingerprint density at radius 2 is 1.73 bits per heavy atom. The van der Waals surface area contributed by atoms with E-state index in [1.165, 1.54) is 0 Å². The predicted molar refractivity (Wildman–Crippen MR) is 156 cm³/mol. The molecule has 4 rings (SSSR count). The maximum atomic E-state index is 16.4. The molecule has 218 valence electrons. The molecule has 0 aliphatic heterocycles. The Hall–Kier alpha value is -4.07. The third-order valence-electron chi connectivity index (χ3n) is 7.15. The van der Waals surface area contributed by atoms with Crippen molar-refractivity contribution in [3.05, 3.63) is 94.8 Å². The average Bonchev–Trinajstić information content (AvgIpc) is 3.01. The first kappa shape index (κ1) is 27.1. The summed E-state index contributed by atoms with van der Waals surface area (Å²) in [6.07, 6.45) is 1.58. The Kier molecular flexibility index (Phi) is 9.61. The van der Waals surface area contributed by atoms with Crippen LogP contribution in [0.4, 0.5) is 14.9 Å². The summed E-state index contributed by atoms with van der Waals surface area (Å²) < 4.78 is 48.9. The summed E-state index contributed by atoms with van der Waals surface area (Å²) in [5.74, 6) is -1.49. The molecule has 0 fully saturated rings. The number of amides is 1. The summed E-state index contributed by atoms with van der Waals surface area (Å²) >= 11 is 0. The van der Waals surface area contributed by atoms with Crippen molar-refractivity contribution in [2.45, 2.75) is 58.8 Å². The number of hydrogen-bond donors (Lipinski definition) is 1. The van der Waals surface area contributed by atoms with E-state index in [9.17, 15) is 9.59 Å². The molecule has 8 heteroatoms. The molecule has 1 aliphatic carbocycles. The second-order valence-electron chi connectivity index (χ2n) is 10.5. The van der Waals surface area contributed by atoms with Crippen molar-refractivity contribution in [1.82, 2.24) is 4.90 Å². The van der Waals surface area contributed by atoms with Gasteiger partial charge < -0.3 is 24.4 Å². The summed E-state index contributed by atoms with van der Waals surface area (Å²) in [4.78, 5) is 27.2. The molecule has 0 spiro atoms. The third-order valence-corrected chi connectivity index (χ3v) is 7.15. The first-order chi connectivity index (χ1) is 20.6. The highest BCUT2D eigenvalue weighted by Gasteiger charge is 2.32. The maximum Gasteiger partial charge on any atom is 0.410 e. The molecule has 7 nitrogen and oxygen atoms in total. The van der Waals surface area contributed by atoms with Gasteiger partial charge in [0.25, 0.3) is 0 Å². The monoisotopic (exact) mass is 564 g/mol. The van der Waals surface area contributed by atoms with Gasteiger partial charge in [-0.1, -0.05) is 74.5 Å². The minimum atomic E-state index is -2.71. The second-order valence-corrected chi connectivity index (χ2v) is 10.5. The Bertz CT molecular complexity index is 1390. The molecule has 0 radical (unpaired) electrons. The number of rotatable bonds is 12. The first-order valence-corrected chi connectivity index (χ1v) is 13.9. The van der Waals surface area contributed by atoms with Crippen molar-refractivity contribution in [2.75, 3.05) is 25.5 Å². The number of fused-ring (bicyclic) bond motifs is 1. The molecule has 0 bridgehead atoms. The van der Waals surface area contributed by atoms with Crippen LogP contribution in [0.5, 0.6) is 5.75 Å². The summed E-state index contributed by atoms with van der Waals surface area (Å²) in [7, 11) is 1.06. The zero-order valence-corrected chi connectivity index (χ0v) is 23.8. The van der Waals surface area contributed by atoms with Crippen LogP contribution in [0, 0.1) is 11.7 Å². The molecule has 0 saturated carbocycles. The van der Waals surface area contributed by atoms with Crippen molar-refractivity contribution >= 4 is 17.7 Å². The van der Waals surface area contributed by atoms with Crippen LogP contribution in [0.1, 0.15) is 51.7 Å². The molecule has 1 N–H and O–H groups in total. The Balaban J connectivity index is 1.62. The zero-order chi connectivity index (χ0) is 31.0. The molecule has 0 unspecified atom stereocenters. The van der Waals surface area contributed by atoms with Crippen LogP contribution >= 0.6 is 0 Å². The van der Waals surface area contributed by atoms with Crippen LogP contribution in [0.3, 0.4) is 0 Å². The van der Waals surface area contributed by atoms with Crippen molar-refractivity contribution in [3.8, 4) is 5.75 Å². The van der Waals surface area contributed by atoms with E-state index in [-0.39, 0.29) is 37.1 Å². The lowest BCUT2D eigenvalue weighted by Gasteiger charge is -2.35. The largest absolute Gasteiger partial charge is 0.487 e. The lowest BCUT2D eigenvalue weighted by molar-refractivity contribution is -0.138. The number of carbonyl (C=O) groups excluding carboxylic acids is 2. The van der Waals surface area contributed by atoms with E-state index in [1.807, 2.05) is 60.7 Å². The smallest absolute Gasteiger partial charge is 0.410 e. The van der Waals surface area contributed by atoms with Crippen molar-refractivity contribution in [2.24, 2.45) is 5.92 Å². The van der Waals surface area contributed by atoms with Crippen LogP contribution in [0.25, 0.3) is 0 Å². The van der Waals surface area contributed by atoms with Gasteiger partial charge in [-0.15, -0.1) is 0 Å². The zero-order valence-electron chi connectivity index (χ0n) is 25.8. The van der Waals surface area contributed by atoms with Gasteiger partial charge in [-0.3, -0.25) is 4.79 Å². The number of hydrogen-bond acceptors (Lipinski definition) is 6. The van der Waals surface area contributed by atoms with Crippen molar-refractivity contribution < 1.29 is 30.9 Å². The number of halogens is 1. The van der Waals surface area contributed by atoms with E-state index < -0.39 is 24.4 Å². The van der Waals surface area contributed by atoms with Gasteiger partial charge in [-0.05, 0) is 59.9 Å². The summed E-state index contributed by atoms with van der Waals surface area (Å²) in [6.45, 7) is 2.15. The number of nitrogens with zero attached hydrogens (tertiary/aromatic N) is 1. The SMILES string of the molecule is [2H]C([2H])(Nc1c(OCc2ccccc2)cc2c(c1F)C[C@H](N(CCC(C)C)C(=O)OCc1ccccc1)CC2)C(=O)OC. The number of aryl methyl sites for hydroxylation is 1. The number of esters is 1. The molecule has 1 aliphatic rings. The number of methoxy groups -OCH3 is 1. The second kappa shape index (κ2) is 14.5.